The van der Waals surface area contributed by atoms with Crippen LogP contribution in [0.2, 0.25) is 0 Å². The van der Waals surface area contributed by atoms with Gasteiger partial charge in [-0.15, -0.1) is 0 Å². The maximum Gasteiger partial charge on any atom is 0.337 e. The van der Waals surface area contributed by atoms with Gasteiger partial charge in [-0.3, -0.25) is 9.04 Å². The van der Waals surface area contributed by atoms with Gasteiger partial charge in [-0.25, -0.2) is 4.79 Å². The van der Waals surface area contributed by atoms with Crippen molar-refractivity contribution >= 4 is 16.1 Å². The molecule has 0 amide bonds. The fourth-order valence-corrected chi connectivity index (χ4v) is 3.30. The molecule has 7 heteroatoms. The lowest BCUT2D eigenvalue weighted by Crippen LogP contribution is -2.57. The highest BCUT2D eigenvalue weighted by Crippen LogP contribution is 2.21. The molecule has 0 heterocycles. The zero-order valence-electron chi connectivity index (χ0n) is 15.6. The normalized spacial score (nSPS) is 13.5. The molecule has 1 atom stereocenters. The SMILES string of the molecule is C=C(C)C(=O)OC[N+](CCCC)(CCCC)C(C)CCS(=O)(=O)O. The Bertz CT molecular complexity index is 493. The maximum atomic E-state index is 11.8. The molecular weight excluding hydrogens is 330 g/mol. The van der Waals surface area contributed by atoms with E-state index >= 15 is 0 Å². The van der Waals surface area contributed by atoms with Gasteiger partial charge in [0.25, 0.3) is 10.1 Å². The highest BCUT2D eigenvalue weighted by atomic mass is 32.2. The van der Waals surface area contributed by atoms with Crippen LogP contribution in [-0.4, -0.2) is 55.0 Å². The zero-order valence-corrected chi connectivity index (χ0v) is 16.4. The topological polar surface area (TPSA) is 80.7 Å². The van der Waals surface area contributed by atoms with Gasteiger partial charge >= 0.3 is 5.97 Å². The summed E-state index contributed by atoms with van der Waals surface area (Å²) in [5.74, 6) is -0.701. The number of carbonyl (C=O) groups excluding carboxylic acids is 1. The van der Waals surface area contributed by atoms with E-state index in [1.165, 1.54) is 0 Å². The van der Waals surface area contributed by atoms with Crippen LogP contribution in [0.1, 0.15) is 59.8 Å². The first-order chi connectivity index (χ1) is 11.1. The first-order valence-corrected chi connectivity index (χ1v) is 10.3. The summed E-state index contributed by atoms with van der Waals surface area (Å²) in [6, 6.07) is -0.0389. The van der Waals surface area contributed by atoms with Crippen molar-refractivity contribution in [2.45, 2.75) is 65.8 Å². The number of ether oxygens (including phenoxy) is 1. The van der Waals surface area contributed by atoms with Gasteiger partial charge < -0.3 is 4.74 Å². The first kappa shape index (κ1) is 23.1. The molecule has 0 spiro atoms. The van der Waals surface area contributed by atoms with Crippen LogP contribution in [0, 0.1) is 0 Å². The summed E-state index contributed by atoms with van der Waals surface area (Å²) in [5.41, 5.74) is 0.352. The first-order valence-electron chi connectivity index (χ1n) is 8.71. The lowest BCUT2D eigenvalue weighted by molar-refractivity contribution is -0.964. The van der Waals surface area contributed by atoms with E-state index in [-0.39, 0.29) is 18.5 Å². The highest BCUT2D eigenvalue weighted by Gasteiger charge is 2.35. The van der Waals surface area contributed by atoms with Crippen LogP contribution < -0.4 is 0 Å². The van der Waals surface area contributed by atoms with Gasteiger partial charge in [0.05, 0.1) is 24.9 Å². The smallest absolute Gasteiger partial charge is 0.337 e. The molecule has 0 aromatic heterocycles. The molecule has 0 saturated carbocycles. The van der Waals surface area contributed by atoms with Gasteiger partial charge in [0, 0.05) is 12.0 Å². The fraction of sp³-hybridized carbons (Fsp3) is 0.824. The number of nitrogens with zero attached hydrogens (tertiary/aromatic N) is 1. The fourth-order valence-electron chi connectivity index (χ4n) is 2.66. The largest absolute Gasteiger partial charge is 0.412 e. The van der Waals surface area contributed by atoms with Gasteiger partial charge in [0.15, 0.2) is 0 Å². The number of carbonyl (C=O) groups is 1. The van der Waals surface area contributed by atoms with Crippen molar-refractivity contribution in [3.63, 3.8) is 0 Å². The Morgan fingerprint density at radius 1 is 1.21 bits per heavy atom. The second-order valence-electron chi connectivity index (χ2n) is 6.64. The van der Waals surface area contributed by atoms with Crippen LogP contribution in [0.3, 0.4) is 0 Å². The Kier molecular flexibility index (Phi) is 10.4. The van der Waals surface area contributed by atoms with Crippen molar-refractivity contribution in [3.05, 3.63) is 12.2 Å². The average molecular weight is 365 g/mol. The molecule has 0 aromatic carbocycles. The third-order valence-electron chi connectivity index (χ3n) is 4.44. The Morgan fingerprint density at radius 2 is 1.71 bits per heavy atom. The van der Waals surface area contributed by atoms with Crippen molar-refractivity contribution in [2.24, 2.45) is 0 Å². The van der Waals surface area contributed by atoms with E-state index in [9.17, 15) is 13.2 Å². The Morgan fingerprint density at radius 3 is 2.08 bits per heavy atom. The van der Waals surface area contributed by atoms with E-state index in [4.69, 9.17) is 9.29 Å². The lowest BCUT2D eigenvalue weighted by atomic mass is 10.1. The summed E-state index contributed by atoms with van der Waals surface area (Å²) >= 11 is 0. The molecule has 0 radical (unpaired) electrons. The molecular formula is C17H34NO5S+. The van der Waals surface area contributed by atoms with Gasteiger partial charge in [0.1, 0.15) is 0 Å². The minimum atomic E-state index is -4.00. The molecule has 6 nitrogen and oxygen atoms in total. The highest BCUT2D eigenvalue weighted by molar-refractivity contribution is 7.85. The average Bonchev–Trinajstić information content (AvgIpc) is 2.51. The van der Waals surface area contributed by atoms with Crippen molar-refractivity contribution in [1.29, 1.82) is 0 Å². The summed E-state index contributed by atoms with van der Waals surface area (Å²) in [6.45, 7) is 13.2. The van der Waals surface area contributed by atoms with Crippen molar-refractivity contribution in [3.8, 4) is 0 Å². The number of esters is 1. The molecule has 0 aliphatic carbocycles. The summed E-state index contributed by atoms with van der Waals surface area (Å²) < 4.78 is 37.2. The van der Waals surface area contributed by atoms with Gasteiger partial charge in [-0.2, -0.15) is 8.42 Å². The van der Waals surface area contributed by atoms with E-state index < -0.39 is 16.1 Å². The van der Waals surface area contributed by atoms with Crippen molar-refractivity contribution in [2.75, 3.05) is 25.6 Å². The van der Waals surface area contributed by atoms with Crippen LogP contribution in [0.5, 0.6) is 0 Å². The van der Waals surface area contributed by atoms with Crippen LogP contribution in [0.4, 0.5) is 0 Å². The van der Waals surface area contributed by atoms with Crippen molar-refractivity contribution in [1.82, 2.24) is 0 Å². The van der Waals surface area contributed by atoms with Gasteiger partial charge in [-0.1, -0.05) is 33.3 Å². The molecule has 0 rings (SSSR count). The molecule has 0 saturated heterocycles. The Labute approximate surface area is 147 Å². The number of quaternary nitrogens is 1. The van der Waals surface area contributed by atoms with Crippen LogP contribution in [-0.2, 0) is 19.6 Å². The molecule has 0 aliphatic rings. The van der Waals surface area contributed by atoms with Crippen LogP contribution >= 0.6 is 0 Å². The van der Waals surface area contributed by atoms with Gasteiger partial charge in [-0.05, 0) is 26.7 Å². The Balaban J connectivity index is 5.28. The molecule has 0 aliphatic heterocycles. The lowest BCUT2D eigenvalue weighted by Gasteiger charge is -2.43. The third-order valence-corrected chi connectivity index (χ3v) is 5.20. The quantitative estimate of drug-likeness (QED) is 0.178. The molecule has 0 bridgehead atoms. The summed E-state index contributed by atoms with van der Waals surface area (Å²) in [7, 11) is -4.00. The molecule has 1 unspecified atom stereocenters. The molecule has 24 heavy (non-hydrogen) atoms. The minimum Gasteiger partial charge on any atom is -0.412 e. The van der Waals surface area contributed by atoms with Crippen LogP contribution in [0.25, 0.3) is 0 Å². The van der Waals surface area contributed by atoms with E-state index in [1.807, 2.05) is 6.92 Å². The molecule has 142 valence electrons. The number of rotatable bonds is 13. The third kappa shape index (κ3) is 8.80. The molecule has 0 aromatic rings. The minimum absolute atomic E-state index is 0.0389. The standard InChI is InChI=1S/C17H33NO5S/c1-6-8-11-18(12-9-7-2,14-23-17(19)15(3)4)16(5)10-13-24(20,21)22/h16H,3,6-14H2,1-2,4-5H3/p+1. The second-order valence-corrected chi connectivity index (χ2v) is 8.21. The molecule has 1 N–H and O–H groups in total. The Hall–Kier alpha value is -0.920. The zero-order chi connectivity index (χ0) is 18.8. The number of hydrogen-bond donors (Lipinski definition) is 1. The summed E-state index contributed by atoms with van der Waals surface area (Å²) in [4.78, 5) is 11.8. The second kappa shape index (κ2) is 10.8. The maximum absolute atomic E-state index is 11.8. The summed E-state index contributed by atoms with van der Waals surface area (Å²) in [6.07, 6.45) is 4.27. The van der Waals surface area contributed by atoms with E-state index in [1.54, 1.807) is 6.92 Å². The predicted molar refractivity (Wildman–Crippen MR) is 96.1 cm³/mol. The number of hydrogen-bond acceptors (Lipinski definition) is 4. The van der Waals surface area contributed by atoms with Crippen molar-refractivity contribution < 1.29 is 27.0 Å². The summed E-state index contributed by atoms with van der Waals surface area (Å²) in [5, 5.41) is 0. The van der Waals surface area contributed by atoms with Crippen LogP contribution in [0.15, 0.2) is 12.2 Å². The number of unbranched alkanes of at least 4 members (excludes halogenated alkanes) is 2. The monoisotopic (exact) mass is 364 g/mol. The van der Waals surface area contributed by atoms with E-state index in [2.05, 4.69) is 20.4 Å². The van der Waals surface area contributed by atoms with Gasteiger partial charge in [0.2, 0.25) is 6.73 Å². The molecule has 0 fully saturated rings. The predicted octanol–water partition coefficient (Wildman–Crippen LogP) is 3.15. The van der Waals surface area contributed by atoms with E-state index in [0.717, 1.165) is 38.8 Å². The van der Waals surface area contributed by atoms with E-state index in [0.29, 0.717) is 16.5 Å².